The second-order valence-electron chi connectivity index (χ2n) is 21.3. The van der Waals surface area contributed by atoms with Gasteiger partial charge >= 0.3 is 17.9 Å². The van der Waals surface area contributed by atoms with E-state index in [1.807, 2.05) is 0 Å². The molecule has 0 spiro atoms. The van der Waals surface area contributed by atoms with E-state index in [1.54, 1.807) is 0 Å². The summed E-state index contributed by atoms with van der Waals surface area (Å²) < 4.78 is 16.9. The highest BCUT2D eigenvalue weighted by Crippen LogP contribution is 2.17. The monoisotopic (exact) mass is 1020 g/mol. The summed E-state index contributed by atoms with van der Waals surface area (Å²) in [6.45, 7) is 6.61. The molecule has 1 unspecified atom stereocenters. The van der Waals surface area contributed by atoms with E-state index < -0.39 is 6.10 Å². The third kappa shape index (κ3) is 59.9. The minimum atomic E-state index is -0.776. The summed E-state index contributed by atoms with van der Waals surface area (Å²) in [5.74, 6) is -0.871. The molecule has 0 amide bonds. The molecular formula is C67H120O6. The number of carbonyl (C=O) groups excluding carboxylic acids is 3. The molecule has 73 heavy (non-hydrogen) atoms. The first-order valence-electron chi connectivity index (χ1n) is 31.8. The van der Waals surface area contributed by atoms with E-state index in [0.717, 1.165) is 83.5 Å². The average Bonchev–Trinajstić information content (AvgIpc) is 3.39. The van der Waals surface area contributed by atoms with Crippen LogP contribution in [0.5, 0.6) is 0 Å². The molecule has 0 saturated heterocycles. The van der Waals surface area contributed by atoms with E-state index in [0.29, 0.717) is 19.3 Å². The third-order valence-corrected chi connectivity index (χ3v) is 14.0. The van der Waals surface area contributed by atoms with E-state index in [-0.39, 0.29) is 31.1 Å². The summed E-state index contributed by atoms with van der Waals surface area (Å²) in [5.41, 5.74) is 0. The number of esters is 3. The Kier molecular flexibility index (Phi) is 59.2. The zero-order chi connectivity index (χ0) is 52.9. The van der Waals surface area contributed by atoms with Gasteiger partial charge in [-0.3, -0.25) is 14.4 Å². The maximum atomic E-state index is 12.9. The molecule has 0 saturated carbocycles. The summed E-state index contributed by atoms with van der Waals surface area (Å²) in [6, 6.07) is 0. The lowest BCUT2D eigenvalue weighted by Crippen LogP contribution is -2.30. The molecule has 6 heteroatoms. The molecule has 1 atom stereocenters. The lowest BCUT2D eigenvalue weighted by atomic mass is 10.0. The minimum Gasteiger partial charge on any atom is -0.462 e. The van der Waals surface area contributed by atoms with Gasteiger partial charge < -0.3 is 14.2 Å². The van der Waals surface area contributed by atoms with Crippen molar-refractivity contribution in [3.63, 3.8) is 0 Å². The van der Waals surface area contributed by atoms with Gasteiger partial charge in [-0.2, -0.15) is 0 Å². The van der Waals surface area contributed by atoms with Crippen molar-refractivity contribution in [3.8, 4) is 0 Å². The smallest absolute Gasteiger partial charge is 0.306 e. The normalized spacial score (nSPS) is 12.4. The summed E-state index contributed by atoms with van der Waals surface area (Å²) in [5, 5.41) is 0. The Bertz CT molecular complexity index is 1310. The molecule has 0 aliphatic carbocycles. The average molecular weight is 1020 g/mol. The molecule has 0 aliphatic heterocycles. The van der Waals surface area contributed by atoms with Crippen molar-refractivity contribution in [1.82, 2.24) is 0 Å². The zero-order valence-electron chi connectivity index (χ0n) is 48.7. The van der Waals surface area contributed by atoms with Crippen molar-refractivity contribution in [2.24, 2.45) is 0 Å². The topological polar surface area (TPSA) is 78.9 Å². The van der Waals surface area contributed by atoms with Crippen LogP contribution in [-0.2, 0) is 28.6 Å². The number of unbranched alkanes of at least 4 members (excludes halogenated alkanes) is 37. The highest BCUT2D eigenvalue weighted by Gasteiger charge is 2.19. The van der Waals surface area contributed by atoms with Crippen LogP contribution in [0.4, 0.5) is 0 Å². The van der Waals surface area contributed by atoms with Gasteiger partial charge in [0.25, 0.3) is 0 Å². The Hall–Kier alpha value is -2.89. The highest BCUT2D eigenvalue weighted by atomic mass is 16.6. The van der Waals surface area contributed by atoms with Crippen LogP contribution in [-0.4, -0.2) is 37.2 Å². The summed E-state index contributed by atoms with van der Waals surface area (Å²) in [7, 11) is 0. The first-order chi connectivity index (χ1) is 36.0. The maximum Gasteiger partial charge on any atom is 0.306 e. The summed E-state index contributed by atoms with van der Waals surface area (Å²) in [4.78, 5) is 38.1. The van der Waals surface area contributed by atoms with Gasteiger partial charge in [0.05, 0.1) is 0 Å². The molecule has 0 rings (SSSR count). The lowest BCUT2D eigenvalue weighted by molar-refractivity contribution is -0.167. The third-order valence-electron chi connectivity index (χ3n) is 14.0. The molecule has 0 aliphatic rings. The number of hydrogen-bond donors (Lipinski definition) is 0. The van der Waals surface area contributed by atoms with Gasteiger partial charge in [-0.25, -0.2) is 0 Å². The summed E-state index contributed by atoms with van der Waals surface area (Å²) in [6.07, 6.45) is 78.1. The molecule has 0 bridgehead atoms. The fourth-order valence-electron chi connectivity index (χ4n) is 9.19. The molecule has 0 aromatic heterocycles. The number of ether oxygens (including phenoxy) is 3. The van der Waals surface area contributed by atoms with Crippen molar-refractivity contribution in [2.45, 2.75) is 335 Å². The van der Waals surface area contributed by atoms with Crippen LogP contribution < -0.4 is 0 Å². The van der Waals surface area contributed by atoms with Gasteiger partial charge in [0.15, 0.2) is 6.10 Å². The van der Waals surface area contributed by atoms with E-state index in [4.69, 9.17) is 14.2 Å². The predicted octanol–water partition coefficient (Wildman–Crippen LogP) is 21.6. The molecular weight excluding hydrogens is 901 g/mol. The highest BCUT2D eigenvalue weighted by molar-refractivity contribution is 5.71. The van der Waals surface area contributed by atoms with Crippen LogP contribution in [0.3, 0.4) is 0 Å². The van der Waals surface area contributed by atoms with Crippen molar-refractivity contribution in [2.75, 3.05) is 13.2 Å². The fraction of sp³-hybridized carbons (Fsp3) is 0.806. The predicted molar refractivity (Wildman–Crippen MR) is 316 cm³/mol. The van der Waals surface area contributed by atoms with Crippen LogP contribution in [0.15, 0.2) is 60.8 Å². The second kappa shape index (κ2) is 61.7. The van der Waals surface area contributed by atoms with E-state index >= 15 is 0 Å². The van der Waals surface area contributed by atoms with Gasteiger partial charge in [-0.05, 0) is 89.9 Å². The maximum absolute atomic E-state index is 12.9. The number of carbonyl (C=O) groups is 3. The van der Waals surface area contributed by atoms with Crippen LogP contribution in [0.1, 0.15) is 329 Å². The van der Waals surface area contributed by atoms with Crippen LogP contribution in [0.2, 0.25) is 0 Å². The van der Waals surface area contributed by atoms with Gasteiger partial charge in [0.1, 0.15) is 13.2 Å². The molecule has 0 heterocycles. The quantitative estimate of drug-likeness (QED) is 0.0261. The molecule has 0 aromatic rings. The minimum absolute atomic E-state index is 0.0744. The summed E-state index contributed by atoms with van der Waals surface area (Å²) >= 11 is 0. The van der Waals surface area contributed by atoms with Crippen molar-refractivity contribution in [1.29, 1.82) is 0 Å². The second-order valence-corrected chi connectivity index (χ2v) is 21.3. The van der Waals surface area contributed by atoms with Crippen LogP contribution >= 0.6 is 0 Å². The van der Waals surface area contributed by atoms with Gasteiger partial charge in [0.2, 0.25) is 0 Å². The Morgan fingerprint density at radius 3 is 0.795 bits per heavy atom. The first-order valence-corrected chi connectivity index (χ1v) is 31.8. The number of allylic oxidation sites excluding steroid dienone is 10. The molecule has 0 N–H and O–H groups in total. The fourth-order valence-corrected chi connectivity index (χ4v) is 9.19. The van der Waals surface area contributed by atoms with Gasteiger partial charge in [-0.1, -0.05) is 281 Å². The van der Waals surface area contributed by atoms with Crippen molar-refractivity contribution < 1.29 is 28.6 Å². The van der Waals surface area contributed by atoms with Crippen LogP contribution in [0.25, 0.3) is 0 Å². The SMILES string of the molecule is CCCCC/C=C\C/C=C\CCCCCCCCCC(=O)OC(COC(=O)CCCCCCCCCCC)COC(=O)CCCCCCCCCCCCCCCC/C=C\C/C=C\C/C=C\CCCCCCC. The first kappa shape index (κ1) is 70.1. The Morgan fingerprint density at radius 1 is 0.274 bits per heavy atom. The Labute approximate surface area is 453 Å². The Balaban J connectivity index is 4.14. The van der Waals surface area contributed by atoms with E-state index in [9.17, 15) is 14.4 Å². The Morgan fingerprint density at radius 2 is 0.493 bits per heavy atom. The van der Waals surface area contributed by atoms with Crippen molar-refractivity contribution in [3.05, 3.63) is 60.8 Å². The molecule has 0 radical (unpaired) electrons. The number of hydrogen-bond acceptors (Lipinski definition) is 6. The molecule has 424 valence electrons. The number of rotatable bonds is 58. The van der Waals surface area contributed by atoms with Gasteiger partial charge in [0, 0.05) is 19.3 Å². The lowest BCUT2D eigenvalue weighted by Gasteiger charge is -2.18. The van der Waals surface area contributed by atoms with Crippen molar-refractivity contribution >= 4 is 17.9 Å². The van der Waals surface area contributed by atoms with Crippen LogP contribution in [0, 0.1) is 0 Å². The standard InChI is InChI=1S/C67H120O6/c1-4-7-10-13-16-19-21-23-25-27-28-29-30-31-32-33-34-35-36-37-38-40-41-43-45-48-51-54-57-60-66(69)72-63-64(62-71-65(68)59-56-53-50-47-18-15-12-9-6-3)73-67(70)61-58-55-52-49-46-44-42-39-26-24-22-20-17-14-11-8-5-2/h17,20-21,23-24,26-28,30-31,64H,4-16,18-19,22,25,29,32-63H2,1-3H3/b20-17-,23-21-,26-24-,28-27-,31-30-. The zero-order valence-corrected chi connectivity index (χ0v) is 48.7. The molecule has 0 fully saturated rings. The molecule has 6 nitrogen and oxygen atoms in total. The van der Waals surface area contributed by atoms with E-state index in [1.165, 1.54) is 205 Å². The van der Waals surface area contributed by atoms with Gasteiger partial charge in [-0.15, -0.1) is 0 Å². The van der Waals surface area contributed by atoms with E-state index in [2.05, 4.69) is 81.5 Å². The largest absolute Gasteiger partial charge is 0.462 e. The molecule has 0 aromatic carbocycles.